The number of carbonyl (C=O) groups excluding carboxylic acids is 1. The maximum Gasteiger partial charge on any atom is 0.277 e. The molecule has 8 nitrogen and oxygen atoms in total. The van der Waals surface area contributed by atoms with Crippen LogP contribution in [0.25, 0.3) is 0 Å². The van der Waals surface area contributed by atoms with Crippen molar-refractivity contribution in [1.82, 2.24) is 15.0 Å². The van der Waals surface area contributed by atoms with Gasteiger partial charge < -0.3 is 9.42 Å². The highest BCUT2D eigenvalue weighted by molar-refractivity contribution is 7.94. The van der Waals surface area contributed by atoms with E-state index in [0.29, 0.717) is 6.42 Å². The smallest absolute Gasteiger partial charge is 0.277 e. The third-order valence-electron chi connectivity index (χ3n) is 3.15. The van der Waals surface area contributed by atoms with E-state index in [1.54, 1.807) is 0 Å². The molecule has 2 aromatic rings. The minimum atomic E-state index is -3.94. The number of anilines is 1. The molecule has 9 heteroatoms. The second kappa shape index (κ2) is 6.78. The molecule has 1 aromatic carbocycles. The summed E-state index contributed by atoms with van der Waals surface area (Å²) in [5, 5.41) is 2.33. The Morgan fingerprint density at radius 1 is 1.30 bits per heavy atom. The topological polar surface area (TPSA) is 105 Å². The van der Waals surface area contributed by atoms with Crippen molar-refractivity contribution in [3.8, 4) is 0 Å². The Hall–Kier alpha value is -2.42. The van der Waals surface area contributed by atoms with Crippen LogP contribution < -0.4 is 4.72 Å². The molecule has 124 valence electrons. The third kappa shape index (κ3) is 4.28. The molecule has 0 aliphatic carbocycles. The van der Waals surface area contributed by atoms with E-state index in [0.717, 1.165) is 5.56 Å². The van der Waals surface area contributed by atoms with Crippen LogP contribution in [0.5, 0.6) is 0 Å². The predicted molar refractivity (Wildman–Crippen MR) is 84.2 cm³/mol. The first-order valence-electron chi connectivity index (χ1n) is 6.89. The molecule has 0 aliphatic rings. The molecule has 23 heavy (non-hydrogen) atoms. The molecule has 0 saturated heterocycles. The van der Waals surface area contributed by atoms with Gasteiger partial charge in [0, 0.05) is 14.1 Å². The summed E-state index contributed by atoms with van der Waals surface area (Å²) in [6.07, 6.45) is 0.391. The number of aromatic nitrogens is 2. The number of rotatable bonds is 6. The monoisotopic (exact) mass is 338 g/mol. The van der Waals surface area contributed by atoms with Crippen LogP contribution in [0, 0.1) is 0 Å². The van der Waals surface area contributed by atoms with E-state index >= 15 is 0 Å². The van der Waals surface area contributed by atoms with Crippen LogP contribution in [0.2, 0.25) is 0 Å². The number of benzene rings is 1. The summed E-state index contributed by atoms with van der Waals surface area (Å²) in [5.41, 5.74) is 0.960. The van der Waals surface area contributed by atoms with Crippen molar-refractivity contribution in [3.05, 3.63) is 41.8 Å². The number of carbonyl (C=O) groups is 1. The van der Waals surface area contributed by atoms with E-state index < -0.39 is 21.2 Å². The van der Waals surface area contributed by atoms with Gasteiger partial charge in [-0.25, -0.2) is 13.1 Å². The molecule has 0 fully saturated rings. The number of sulfonamides is 1. The van der Waals surface area contributed by atoms with Crippen LogP contribution in [0.4, 0.5) is 5.95 Å². The molecule has 1 aromatic heterocycles. The first-order chi connectivity index (χ1) is 10.8. The molecule has 2 rings (SSSR count). The molecular formula is C14H18N4O4S. The van der Waals surface area contributed by atoms with Crippen molar-refractivity contribution in [1.29, 1.82) is 0 Å². The van der Waals surface area contributed by atoms with Gasteiger partial charge in [0.25, 0.3) is 5.95 Å². The average molecular weight is 338 g/mol. The molecule has 1 N–H and O–H groups in total. The lowest BCUT2D eigenvalue weighted by molar-refractivity contribution is -0.127. The lowest BCUT2D eigenvalue weighted by atomic mass is 10.2. The molecule has 0 spiro atoms. The number of amides is 1. The summed E-state index contributed by atoms with van der Waals surface area (Å²) in [4.78, 5) is 17.0. The van der Waals surface area contributed by atoms with Crippen LogP contribution in [0.15, 0.2) is 34.9 Å². The molecule has 0 unspecified atom stereocenters. The number of hydrogen-bond acceptors (Lipinski definition) is 6. The Balaban J connectivity index is 2.08. The van der Waals surface area contributed by atoms with Gasteiger partial charge in [-0.3, -0.25) is 4.79 Å². The van der Waals surface area contributed by atoms with Crippen LogP contribution in [0.1, 0.15) is 18.4 Å². The zero-order valence-electron chi connectivity index (χ0n) is 13.1. The van der Waals surface area contributed by atoms with E-state index in [1.165, 1.54) is 25.9 Å². The molecule has 0 radical (unpaired) electrons. The highest BCUT2D eigenvalue weighted by Gasteiger charge is 2.30. The number of hydrogen-bond donors (Lipinski definition) is 1. The fourth-order valence-corrected chi connectivity index (χ4v) is 2.84. The van der Waals surface area contributed by atoms with Crippen molar-refractivity contribution >= 4 is 21.9 Å². The Kier molecular flexibility index (Phi) is 4.99. The Morgan fingerprint density at radius 3 is 2.57 bits per heavy atom. The summed E-state index contributed by atoms with van der Waals surface area (Å²) in [5.74, 6) is -0.444. The first kappa shape index (κ1) is 16.9. The van der Waals surface area contributed by atoms with E-state index in [2.05, 4.69) is 14.9 Å². The average Bonchev–Trinajstić information content (AvgIpc) is 2.92. The van der Waals surface area contributed by atoms with Gasteiger partial charge in [0.2, 0.25) is 21.8 Å². The van der Waals surface area contributed by atoms with Crippen molar-refractivity contribution in [3.63, 3.8) is 0 Å². The van der Waals surface area contributed by atoms with Gasteiger partial charge in [0.05, 0.1) is 6.42 Å². The normalized spacial score (nSPS) is 12.7. The Labute approximate surface area is 134 Å². The quantitative estimate of drug-likeness (QED) is 0.838. The van der Waals surface area contributed by atoms with E-state index in [4.69, 9.17) is 4.52 Å². The SMILES string of the molecule is C[C@@H](C(=O)N(C)C)S(=O)(=O)Nc1noc(Cc2ccccc2)n1. The molecule has 0 saturated carbocycles. The van der Waals surface area contributed by atoms with Gasteiger partial charge >= 0.3 is 0 Å². The maximum absolute atomic E-state index is 12.1. The van der Waals surface area contributed by atoms with E-state index in [-0.39, 0.29) is 11.8 Å². The summed E-state index contributed by atoms with van der Waals surface area (Å²) >= 11 is 0. The van der Waals surface area contributed by atoms with Crippen LogP contribution in [0.3, 0.4) is 0 Å². The maximum atomic E-state index is 12.1. The van der Waals surface area contributed by atoms with Gasteiger partial charge in [-0.05, 0) is 17.6 Å². The number of nitrogens with one attached hydrogen (secondary N) is 1. The third-order valence-corrected chi connectivity index (χ3v) is 4.75. The van der Waals surface area contributed by atoms with Crippen LogP contribution in [-0.2, 0) is 21.2 Å². The van der Waals surface area contributed by atoms with Crippen molar-refractivity contribution < 1.29 is 17.7 Å². The van der Waals surface area contributed by atoms with Gasteiger partial charge in [-0.1, -0.05) is 30.3 Å². The molecule has 1 heterocycles. The van der Waals surface area contributed by atoms with E-state index in [9.17, 15) is 13.2 Å². The fraction of sp³-hybridized carbons (Fsp3) is 0.357. The lowest BCUT2D eigenvalue weighted by Gasteiger charge is -2.16. The summed E-state index contributed by atoms with van der Waals surface area (Å²) in [6, 6.07) is 9.44. The zero-order chi connectivity index (χ0) is 17.0. The standard InChI is InChI=1S/C14H18N4O4S/c1-10(13(19)18(2)3)23(20,21)17-14-15-12(22-16-14)9-11-7-5-4-6-8-11/h4-8,10H,9H2,1-3H3,(H,16,17)/t10-/m0/s1. The van der Waals surface area contributed by atoms with Gasteiger partial charge in [0.15, 0.2) is 5.25 Å². The second-order valence-electron chi connectivity index (χ2n) is 5.20. The van der Waals surface area contributed by atoms with Gasteiger partial charge in [-0.2, -0.15) is 4.98 Å². The molecule has 1 atom stereocenters. The second-order valence-corrected chi connectivity index (χ2v) is 7.20. The molecule has 1 amide bonds. The molecule has 0 bridgehead atoms. The van der Waals surface area contributed by atoms with Crippen LogP contribution in [-0.4, -0.2) is 48.7 Å². The summed E-state index contributed by atoms with van der Waals surface area (Å²) in [7, 11) is -0.970. The number of nitrogens with zero attached hydrogens (tertiary/aromatic N) is 3. The Morgan fingerprint density at radius 2 is 1.96 bits per heavy atom. The first-order valence-corrected chi connectivity index (χ1v) is 8.43. The lowest BCUT2D eigenvalue weighted by Crippen LogP contribution is -2.40. The summed E-state index contributed by atoms with van der Waals surface area (Å²) < 4.78 is 31.5. The molecular weight excluding hydrogens is 320 g/mol. The minimum Gasteiger partial charge on any atom is -0.348 e. The summed E-state index contributed by atoms with van der Waals surface area (Å²) in [6.45, 7) is 1.30. The van der Waals surface area contributed by atoms with Crippen molar-refractivity contribution in [2.24, 2.45) is 0 Å². The minimum absolute atomic E-state index is 0.186. The van der Waals surface area contributed by atoms with Crippen molar-refractivity contribution in [2.75, 3.05) is 18.8 Å². The van der Waals surface area contributed by atoms with Crippen LogP contribution >= 0.6 is 0 Å². The van der Waals surface area contributed by atoms with Gasteiger partial charge in [0.1, 0.15) is 0 Å². The molecule has 0 aliphatic heterocycles. The highest BCUT2D eigenvalue weighted by Crippen LogP contribution is 2.12. The van der Waals surface area contributed by atoms with E-state index in [1.807, 2.05) is 30.3 Å². The highest BCUT2D eigenvalue weighted by atomic mass is 32.2. The zero-order valence-corrected chi connectivity index (χ0v) is 13.9. The largest absolute Gasteiger partial charge is 0.348 e. The van der Waals surface area contributed by atoms with Gasteiger partial charge in [-0.15, -0.1) is 0 Å². The fourth-order valence-electron chi connectivity index (χ4n) is 1.85. The Bertz CT molecular complexity index is 771. The van der Waals surface area contributed by atoms with Crippen molar-refractivity contribution in [2.45, 2.75) is 18.6 Å². The predicted octanol–water partition coefficient (Wildman–Crippen LogP) is 0.879.